The topological polar surface area (TPSA) is 61.0 Å². The second-order valence-electron chi connectivity index (χ2n) is 5.96. The summed E-state index contributed by atoms with van der Waals surface area (Å²) in [6, 6.07) is 7.87. The Morgan fingerprint density at radius 3 is 2.87 bits per heavy atom. The molecule has 0 spiro atoms. The van der Waals surface area contributed by atoms with E-state index in [-0.39, 0.29) is 11.9 Å². The minimum atomic E-state index is 0.0768. The van der Waals surface area contributed by atoms with Crippen LogP contribution in [0.3, 0.4) is 0 Å². The van der Waals surface area contributed by atoms with Crippen LogP contribution in [0.1, 0.15) is 28.6 Å². The molecule has 0 aliphatic carbocycles. The summed E-state index contributed by atoms with van der Waals surface area (Å²) in [5.74, 6) is 0.135. The molecular formula is C17H21ClN4O. The van der Waals surface area contributed by atoms with Crippen LogP contribution in [0.25, 0.3) is 0 Å². The van der Waals surface area contributed by atoms with Gasteiger partial charge in [0, 0.05) is 35.9 Å². The molecule has 23 heavy (non-hydrogen) atoms. The zero-order valence-corrected chi connectivity index (χ0v) is 14.2. The number of amides is 1. The largest absolute Gasteiger partial charge is 0.339 e. The summed E-state index contributed by atoms with van der Waals surface area (Å²) >= 11 is 6.29. The van der Waals surface area contributed by atoms with Gasteiger partial charge in [-0.3, -0.25) is 9.89 Å². The zero-order chi connectivity index (χ0) is 16.4. The maximum atomic E-state index is 12.7. The van der Waals surface area contributed by atoms with E-state index in [0.717, 1.165) is 40.6 Å². The van der Waals surface area contributed by atoms with E-state index in [4.69, 9.17) is 11.6 Å². The third-order valence-corrected chi connectivity index (χ3v) is 4.76. The average Bonchev–Trinajstić information content (AvgIpc) is 2.87. The van der Waals surface area contributed by atoms with E-state index < -0.39 is 0 Å². The molecule has 1 unspecified atom stereocenters. The molecule has 1 amide bonds. The van der Waals surface area contributed by atoms with Crippen LogP contribution < -0.4 is 5.32 Å². The highest BCUT2D eigenvalue weighted by Crippen LogP contribution is 2.25. The zero-order valence-electron chi connectivity index (χ0n) is 13.4. The Bertz CT molecular complexity index is 693. The monoisotopic (exact) mass is 332 g/mol. The number of carbonyl (C=O) groups is 1. The number of aromatic nitrogens is 2. The summed E-state index contributed by atoms with van der Waals surface area (Å²) in [6.45, 7) is 6.00. The van der Waals surface area contributed by atoms with E-state index in [0.29, 0.717) is 13.0 Å². The van der Waals surface area contributed by atoms with Crippen LogP contribution in [0.4, 0.5) is 0 Å². The summed E-state index contributed by atoms with van der Waals surface area (Å²) in [7, 11) is 0. The number of halogens is 1. The normalized spacial score (nSPS) is 18.2. The lowest BCUT2D eigenvalue weighted by Gasteiger charge is -2.34. The van der Waals surface area contributed by atoms with Gasteiger partial charge in [-0.15, -0.1) is 0 Å². The van der Waals surface area contributed by atoms with Crippen LogP contribution in [0.15, 0.2) is 24.3 Å². The summed E-state index contributed by atoms with van der Waals surface area (Å²) in [5.41, 5.74) is 3.91. The van der Waals surface area contributed by atoms with Gasteiger partial charge in [-0.1, -0.05) is 29.8 Å². The quantitative estimate of drug-likeness (QED) is 0.907. The highest BCUT2D eigenvalue weighted by Gasteiger charge is 2.26. The van der Waals surface area contributed by atoms with Crippen molar-refractivity contribution in [3.63, 3.8) is 0 Å². The number of H-pyrrole nitrogens is 1. The van der Waals surface area contributed by atoms with Crippen molar-refractivity contribution in [1.29, 1.82) is 0 Å². The van der Waals surface area contributed by atoms with Crippen LogP contribution in [-0.2, 0) is 11.2 Å². The van der Waals surface area contributed by atoms with Crippen molar-refractivity contribution in [3.8, 4) is 0 Å². The fourth-order valence-electron chi connectivity index (χ4n) is 3.04. The number of aryl methyl sites for hydroxylation is 2. The van der Waals surface area contributed by atoms with Crippen LogP contribution in [0, 0.1) is 13.8 Å². The van der Waals surface area contributed by atoms with Gasteiger partial charge in [0.1, 0.15) is 0 Å². The van der Waals surface area contributed by atoms with Crippen molar-refractivity contribution in [2.45, 2.75) is 26.3 Å². The van der Waals surface area contributed by atoms with Gasteiger partial charge in [-0.25, -0.2) is 0 Å². The molecule has 1 atom stereocenters. The van der Waals surface area contributed by atoms with Crippen molar-refractivity contribution in [2.24, 2.45) is 0 Å². The molecule has 1 aliphatic heterocycles. The van der Waals surface area contributed by atoms with E-state index in [2.05, 4.69) is 15.5 Å². The number of nitrogens with one attached hydrogen (secondary N) is 2. The van der Waals surface area contributed by atoms with E-state index in [1.807, 2.05) is 43.0 Å². The molecule has 2 aromatic rings. The maximum Gasteiger partial charge on any atom is 0.227 e. The van der Waals surface area contributed by atoms with Gasteiger partial charge < -0.3 is 10.2 Å². The van der Waals surface area contributed by atoms with Gasteiger partial charge in [-0.2, -0.15) is 5.10 Å². The first kappa shape index (κ1) is 16.0. The molecule has 1 aromatic heterocycles. The molecule has 1 aliphatic rings. The first-order valence-electron chi connectivity index (χ1n) is 7.82. The second-order valence-corrected chi connectivity index (χ2v) is 6.36. The van der Waals surface area contributed by atoms with Crippen molar-refractivity contribution in [1.82, 2.24) is 20.4 Å². The van der Waals surface area contributed by atoms with Crippen molar-refractivity contribution in [3.05, 3.63) is 51.8 Å². The molecule has 6 heteroatoms. The molecule has 3 rings (SSSR count). The third kappa shape index (κ3) is 3.41. The van der Waals surface area contributed by atoms with E-state index in [9.17, 15) is 4.79 Å². The summed E-state index contributed by atoms with van der Waals surface area (Å²) in [4.78, 5) is 14.6. The lowest BCUT2D eigenvalue weighted by Crippen LogP contribution is -2.48. The Morgan fingerprint density at radius 2 is 2.17 bits per heavy atom. The van der Waals surface area contributed by atoms with E-state index in [1.54, 1.807) is 0 Å². The molecule has 0 saturated carbocycles. The summed E-state index contributed by atoms with van der Waals surface area (Å²) in [5, 5.41) is 11.3. The van der Waals surface area contributed by atoms with Gasteiger partial charge in [0.2, 0.25) is 5.91 Å². The summed E-state index contributed by atoms with van der Waals surface area (Å²) in [6.07, 6.45) is 0.392. The fourth-order valence-corrected chi connectivity index (χ4v) is 3.31. The predicted molar refractivity (Wildman–Crippen MR) is 90.5 cm³/mol. The first-order chi connectivity index (χ1) is 11.1. The predicted octanol–water partition coefficient (Wildman–Crippen LogP) is 2.40. The number of hydrogen-bond donors (Lipinski definition) is 2. The molecule has 5 nitrogen and oxygen atoms in total. The minimum absolute atomic E-state index is 0.0768. The lowest BCUT2D eigenvalue weighted by molar-refractivity contribution is -0.131. The Hall–Kier alpha value is -1.85. The standard InChI is InChI=1S/C17H21ClN4O/c1-11-14(12(2)21-20-11)9-17(23)22-8-7-19-16(10-22)13-5-3-4-6-15(13)18/h3-6,16,19H,7-10H2,1-2H3,(H,20,21). The van der Waals surface area contributed by atoms with Gasteiger partial charge in [0.25, 0.3) is 0 Å². The molecule has 1 aromatic carbocycles. The van der Waals surface area contributed by atoms with E-state index >= 15 is 0 Å². The average molecular weight is 333 g/mol. The van der Waals surface area contributed by atoms with Gasteiger partial charge in [0.15, 0.2) is 0 Å². The third-order valence-electron chi connectivity index (χ3n) is 4.42. The van der Waals surface area contributed by atoms with Crippen LogP contribution >= 0.6 is 11.6 Å². The second kappa shape index (κ2) is 6.72. The molecule has 2 N–H and O–H groups in total. The van der Waals surface area contributed by atoms with Crippen LogP contribution in [-0.4, -0.2) is 40.6 Å². The SMILES string of the molecule is Cc1n[nH]c(C)c1CC(=O)N1CCNC(c2ccccc2Cl)C1. The number of hydrogen-bond acceptors (Lipinski definition) is 3. The Morgan fingerprint density at radius 1 is 1.39 bits per heavy atom. The molecule has 0 radical (unpaired) electrons. The molecule has 2 heterocycles. The molecule has 1 saturated heterocycles. The van der Waals surface area contributed by atoms with E-state index in [1.165, 1.54) is 0 Å². The van der Waals surface area contributed by atoms with Crippen molar-refractivity contribution < 1.29 is 4.79 Å². The Kier molecular flexibility index (Phi) is 4.68. The lowest BCUT2D eigenvalue weighted by atomic mass is 10.0. The number of carbonyl (C=O) groups excluding carboxylic acids is 1. The summed E-state index contributed by atoms with van der Waals surface area (Å²) < 4.78 is 0. The van der Waals surface area contributed by atoms with Gasteiger partial charge in [-0.05, 0) is 25.5 Å². The molecule has 1 fully saturated rings. The van der Waals surface area contributed by atoms with Crippen LogP contribution in [0.2, 0.25) is 5.02 Å². The molecule has 0 bridgehead atoms. The molecular weight excluding hydrogens is 312 g/mol. The highest BCUT2D eigenvalue weighted by molar-refractivity contribution is 6.31. The first-order valence-corrected chi connectivity index (χ1v) is 8.20. The highest BCUT2D eigenvalue weighted by atomic mass is 35.5. The van der Waals surface area contributed by atoms with Crippen molar-refractivity contribution >= 4 is 17.5 Å². The number of piperazine rings is 1. The molecule has 122 valence electrons. The number of rotatable bonds is 3. The Balaban J connectivity index is 1.71. The smallest absolute Gasteiger partial charge is 0.227 e. The number of nitrogens with zero attached hydrogens (tertiary/aromatic N) is 2. The number of aromatic amines is 1. The maximum absolute atomic E-state index is 12.7. The number of benzene rings is 1. The van der Waals surface area contributed by atoms with Crippen LogP contribution in [0.5, 0.6) is 0 Å². The van der Waals surface area contributed by atoms with Gasteiger partial charge >= 0.3 is 0 Å². The van der Waals surface area contributed by atoms with Crippen molar-refractivity contribution in [2.75, 3.05) is 19.6 Å². The fraction of sp³-hybridized carbons (Fsp3) is 0.412. The Labute approximate surface area is 141 Å². The minimum Gasteiger partial charge on any atom is -0.339 e. The van der Waals surface area contributed by atoms with Gasteiger partial charge in [0.05, 0.1) is 18.2 Å².